The van der Waals surface area contributed by atoms with Gasteiger partial charge in [-0.15, -0.1) is 10.2 Å². The minimum atomic E-state index is 0.505. The highest BCUT2D eigenvalue weighted by molar-refractivity contribution is 5.74. The summed E-state index contributed by atoms with van der Waals surface area (Å²) < 4.78 is 0. The van der Waals surface area contributed by atoms with Gasteiger partial charge in [0, 0.05) is 0 Å². The van der Waals surface area contributed by atoms with Crippen LogP contribution in [0.4, 0.5) is 0 Å². The van der Waals surface area contributed by atoms with Crippen molar-refractivity contribution in [3.63, 3.8) is 0 Å². The van der Waals surface area contributed by atoms with Crippen LogP contribution in [0.1, 0.15) is 50.7 Å². The van der Waals surface area contributed by atoms with E-state index < -0.39 is 0 Å². The molecule has 3 rings (SSSR count). The molecule has 0 atom stereocenters. The van der Waals surface area contributed by atoms with Crippen molar-refractivity contribution in [2.24, 2.45) is 0 Å². The second-order valence-corrected chi connectivity index (χ2v) is 6.14. The average molecular weight is 279 g/mol. The Labute approximate surface area is 125 Å². The van der Waals surface area contributed by atoms with Crippen LogP contribution < -0.4 is 0 Å². The Hall–Kier alpha value is -2.16. The van der Waals surface area contributed by atoms with E-state index in [1.807, 2.05) is 0 Å². The monoisotopic (exact) mass is 279 g/mol. The molecular formula is C18H21N3. The molecule has 0 aliphatic carbocycles. The first-order valence-electron chi connectivity index (χ1n) is 7.52. The number of nitrogens with zero attached hydrogens (tertiary/aromatic N) is 3. The summed E-state index contributed by atoms with van der Waals surface area (Å²) in [4.78, 5) is 1.72. The van der Waals surface area contributed by atoms with Gasteiger partial charge < -0.3 is 0 Å². The molecule has 0 saturated heterocycles. The fraction of sp³-hybridized carbons (Fsp3) is 0.333. The lowest BCUT2D eigenvalue weighted by Crippen LogP contribution is -1.98. The van der Waals surface area contributed by atoms with Gasteiger partial charge in [-0.1, -0.05) is 45.9 Å². The van der Waals surface area contributed by atoms with E-state index in [1.54, 1.807) is 4.80 Å². The minimum Gasteiger partial charge on any atom is -0.150 e. The second-order valence-electron chi connectivity index (χ2n) is 6.14. The van der Waals surface area contributed by atoms with Crippen LogP contribution in [0.25, 0.3) is 16.7 Å². The van der Waals surface area contributed by atoms with Gasteiger partial charge in [-0.3, -0.25) is 0 Å². The Balaban J connectivity index is 2.00. The lowest BCUT2D eigenvalue weighted by molar-refractivity contribution is 0.763. The molecule has 0 aliphatic rings. The van der Waals surface area contributed by atoms with Gasteiger partial charge in [-0.2, -0.15) is 4.80 Å². The molecule has 1 heterocycles. The summed E-state index contributed by atoms with van der Waals surface area (Å²) >= 11 is 0. The molecule has 0 aliphatic heterocycles. The smallest absolute Gasteiger partial charge is 0.113 e. The molecule has 0 radical (unpaired) electrons. The van der Waals surface area contributed by atoms with E-state index in [9.17, 15) is 0 Å². The molecule has 0 spiro atoms. The second kappa shape index (κ2) is 5.32. The van der Waals surface area contributed by atoms with Crippen LogP contribution in [0.5, 0.6) is 0 Å². The van der Waals surface area contributed by atoms with Crippen LogP contribution in [-0.2, 0) is 0 Å². The number of fused-ring (bicyclic) bond motifs is 1. The standard InChI is InChI=1S/C18H21N3/c1-12(2)14-5-8-16(9-6-14)21-19-17-10-7-15(13(3)4)11-18(17)20-21/h5-13H,1-4H3. The molecule has 3 heteroatoms. The van der Waals surface area contributed by atoms with Gasteiger partial charge in [0.05, 0.1) is 5.69 Å². The summed E-state index contributed by atoms with van der Waals surface area (Å²) in [5.74, 6) is 1.04. The maximum Gasteiger partial charge on any atom is 0.113 e. The Bertz CT molecular complexity index is 752. The molecule has 21 heavy (non-hydrogen) atoms. The molecule has 0 amide bonds. The van der Waals surface area contributed by atoms with Crippen molar-refractivity contribution in [1.29, 1.82) is 0 Å². The number of hydrogen-bond donors (Lipinski definition) is 0. The van der Waals surface area contributed by atoms with Gasteiger partial charge in [0.25, 0.3) is 0 Å². The maximum absolute atomic E-state index is 4.61. The van der Waals surface area contributed by atoms with Crippen LogP contribution >= 0.6 is 0 Å². The molecule has 0 unspecified atom stereocenters. The number of hydrogen-bond acceptors (Lipinski definition) is 2. The van der Waals surface area contributed by atoms with E-state index in [2.05, 4.69) is 80.4 Å². The first kappa shape index (κ1) is 13.8. The third-order valence-electron chi connectivity index (χ3n) is 3.86. The highest BCUT2D eigenvalue weighted by atomic mass is 15.5. The van der Waals surface area contributed by atoms with E-state index in [0.717, 1.165) is 16.7 Å². The van der Waals surface area contributed by atoms with Gasteiger partial charge in [0.2, 0.25) is 0 Å². The van der Waals surface area contributed by atoms with Crippen molar-refractivity contribution in [3.8, 4) is 5.69 Å². The van der Waals surface area contributed by atoms with Crippen LogP contribution in [0.2, 0.25) is 0 Å². The van der Waals surface area contributed by atoms with E-state index in [4.69, 9.17) is 0 Å². The van der Waals surface area contributed by atoms with E-state index >= 15 is 0 Å². The summed E-state index contributed by atoms with van der Waals surface area (Å²) in [6, 6.07) is 14.8. The molecule has 108 valence electrons. The first-order chi connectivity index (χ1) is 10.0. The van der Waals surface area contributed by atoms with Crippen molar-refractivity contribution in [2.45, 2.75) is 39.5 Å². The fourth-order valence-electron chi connectivity index (χ4n) is 2.40. The van der Waals surface area contributed by atoms with E-state index in [0.29, 0.717) is 11.8 Å². The zero-order valence-electron chi connectivity index (χ0n) is 13.0. The van der Waals surface area contributed by atoms with Crippen molar-refractivity contribution < 1.29 is 0 Å². The van der Waals surface area contributed by atoms with Crippen molar-refractivity contribution >= 4 is 11.0 Å². The number of rotatable bonds is 3. The van der Waals surface area contributed by atoms with Crippen molar-refractivity contribution in [3.05, 3.63) is 53.6 Å². The largest absolute Gasteiger partial charge is 0.150 e. The maximum atomic E-state index is 4.61. The quantitative estimate of drug-likeness (QED) is 0.697. The van der Waals surface area contributed by atoms with Crippen molar-refractivity contribution in [1.82, 2.24) is 15.0 Å². The van der Waals surface area contributed by atoms with Crippen LogP contribution in [0.15, 0.2) is 42.5 Å². The fourth-order valence-corrected chi connectivity index (χ4v) is 2.40. The predicted octanol–water partition coefficient (Wildman–Crippen LogP) is 4.67. The highest BCUT2D eigenvalue weighted by Gasteiger charge is 2.07. The van der Waals surface area contributed by atoms with Gasteiger partial charge in [-0.05, 0) is 47.2 Å². The van der Waals surface area contributed by atoms with Gasteiger partial charge in [-0.25, -0.2) is 0 Å². The average Bonchev–Trinajstić information content (AvgIpc) is 2.90. The summed E-state index contributed by atoms with van der Waals surface area (Å²) in [6.45, 7) is 8.78. The summed E-state index contributed by atoms with van der Waals surface area (Å²) in [6.07, 6.45) is 0. The molecule has 2 aromatic carbocycles. The lowest BCUT2D eigenvalue weighted by atomic mass is 10.0. The molecule has 0 fully saturated rings. The molecule has 3 nitrogen and oxygen atoms in total. The van der Waals surface area contributed by atoms with E-state index in [-0.39, 0.29) is 0 Å². The summed E-state index contributed by atoms with van der Waals surface area (Å²) in [5, 5.41) is 9.17. The Morgan fingerprint density at radius 2 is 1.29 bits per heavy atom. The van der Waals surface area contributed by atoms with E-state index in [1.165, 1.54) is 11.1 Å². The van der Waals surface area contributed by atoms with Crippen LogP contribution in [0.3, 0.4) is 0 Å². The molecule has 0 bridgehead atoms. The summed E-state index contributed by atoms with van der Waals surface area (Å²) in [5.41, 5.74) is 5.52. The SMILES string of the molecule is CC(C)c1ccc(-n2nc3ccc(C(C)C)cc3n2)cc1. The van der Waals surface area contributed by atoms with Gasteiger partial charge in [0.15, 0.2) is 0 Å². The Kier molecular flexibility index (Phi) is 3.50. The highest BCUT2D eigenvalue weighted by Crippen LogP contribution is 2.21. The topological polar surface area (TPSA) is 30.7 Å². The van der Waals surface area contributed by atoms with Crippen LogP contribution in [0, 0.1) is 0 Å². The van der Waals surface area contributed by atoms with Crippen molar-refractivity contribution in [2.75, 3.05) is 0 Å². The van der Waals surface area contributed by atoms with Crippen LogP contribution in [-0.4, -0.2) is 15.0 Å². The molecule has 3 aromatic rings. The molecule has 0 N–H and O–H groups in total. The predicted molar refractivity (Wildman–Crippen MR) is 87.0 cm³/mol. The zero-order chi connectivity index (χ0) is 15.0. The van der Waals surface area contributed by atoms with Gasteiger partial charge in [0.1, 0.15) is 11.0 Å². The van der Waals surface area contributed by atoms with Gasteiger partial charge >= 0.3 is 0 Å². The molecule has 1 aromatic heterocycles. The lowest BCUT2D eigenvalue weighted by Gasteiger charge is -2.05. The zero-order valence-corrected chi connectivity index (χ0v) is 13.0. The number of aromatic nitrogens is 3. The summed E-state index contributed by atoms with van der Waals surface area (Å²) in [7, 11) is 0. The molecular weight excluding hydrogens is 258 g/mol. The normalized spacial score (nSPS) is 11.7. The third kappa shape index (κ3) is 2.68. The Morgan fingerprint density at radius 1 is 0.714 bits per heavy atom. The minimum absolute atomic E-state index is 0.505. The number of benzene rings is 2. The first-order valence-corrected chi connectivity index (χ1v) is 7.52. The Morgan fingerprint density at radius 3 is 1.90 bits per heavy atom. The molecule has 0 saturated carbocycles. The third-order valence-corrected chi connectivity index (χ3v) is 3.86.